The zero-order valence-corrected chi connectivity index (χ0v) is 18.0. The number of carbonyl (C=O) groups is 4. The lowest BCUT2D eigenvalue weighted by atomic mass is 9.93. The van der Waals surface area contributed by atoms with Crippen molar-refractivity contribution in [3.63, 3.8) is 0 Å². The van der Waals surface area contributed by atoms with Crippen molar-refractivity contribution >= 4 is 29.9 Å². The predicted octanol–water partition coefficient (Wildman–Crippen LogP) is 3.30. The third-order valence-electron chi connectivity index (χ3n) is 4.24. The maximum Gasteiger partial charge on any atom is 0.430 e. The molecule has 30 heavy (non-hydrogen) atoms. The first-order chi connectivity index (χ1) is 14.0. The molecule has 164 valence electrons. The second-order valence-corrected chi connectivity index (χ2v) is 7.58. The Hall–Kier alpha value is -3.30. The van der Waals surface area contributed by atoms with Crippen molar-refractivity contribution in [3.05, 3.63) is 29.8 Å². The molecule has 10 nitrogen and oxygen atoms in total. The van der Waals surface area contributed by atoms with Crippen molar-refractivity contribution in [3.8, 4) is 0 Å². The molecule has 0 bridgehead atoms. The minimum atomic E-state index is -1.79. The van der Waals surface area contributed by atoms with E-state index >= 15 is 0 Å². The fourth-order valence-corrected chi connectivity index (χ4v) is 3.01. The van der Waals surface area contributed by atoms with Gasteiger partial charge in [-0.05, 0) is 47.6 Å². The molecule has 0 saturated carbocycles. The zero-order chi connectivity index (χ0) is 22.7. The molecule has 10 heteroatoms. The molecule has 0 radical (unpaired) electrons. The number of carbonyl (C=O) groups excluding carboxylic acids is 4. The highest BCUT2D eigenvalue weighted by atomic mass is 16.6. The Morgan fingerprint density at radius 1 is 1.10 bits per heavy atom. The lowest BCUT2D eigenvalue weighted by Crippen LogP contribution is -2.61. The van der Waals surface area contributed by atoms with Crippen molar-refractivity contribution in [1.29, 1.82) is 0 Å². The number of anilines is 1. The van der Waals surface area contributed by atoms with Gasteiger partial charge in [0.15, 0.2) is 5.54 Å². The molecule has 1 aliphatic heterocycles. The lowest BCUT2D eigenvalue weighted by molar-refractivity contribution is -0.129. The van der Waals surface area contributed by atoms with Gasteiger partial charge in [0.05, 0.1) is 18.9 Å². The number of ether oxygens (including phenoxy) is 3. The molecule has 1 N–H and O–H groups in total. The van der Waals surface area contributed by atoms with Gasteiger partial charge in [-0.1, -0.05) is 18.2 Å². The van der Waals surface area contributed by atoms with E-state index in [9.17, 15) is 19.2 Å². The molecule has 0 saturated heterocycles. The van der Waals surface area contributed by atoms with Gasteiger partial charge >= 0.3 is 18.3 Å². The Bertz CT molecular complexity index is 849. The van der Waals surface area contributed by atoms with Crippen molar-refractivity contribution in [2.24, 2.45) is 0 Å². The van der Waals surface area contributed by atoms with Crippen LogP contribution in [0.2, 0.25) is 0 Å². The van der Waals surface area contributed by atoms with E-state index in [-0.39, 0.29) is 18.9 Å². The van der Waals surface area contributed by atoms with Crippen LogP contribution in [0, 0.1) is 0 Å². The SMILES string of the molecule is CCOC(=O)NN(C(=O)OCC)[C@]1(C)C(=O)N(C(=O)OC(C)(C)C)c2ccccc21. The number of nitrogens with zero attached hydrogens (tertiary/aromatic N) is 2. The number of benzene rings is 1. The molecule has 0 unspecified atom stereocenters. The number of imide groups is 1. The van der Waals surface area contributed by atoms with Crippen LogP contribution in [-0.2, 0) is 24.5 Å². The summed E-state index contributed by atoms with van der Waals surface area (Å²) in [4.78, 5) is 51.9. The normalized spacial score (nSPS) is 17.8. The van der Waals surface area contributed by atoms with E-state index in [2.05, 4.69) is 5.43 Å². The fourth-order valence-electron chi connectivity index (χ4n) is 3.01. The molecule has 0 fully saturated rings. The van der Waals surface area contributed by atoms with Crippen molar-refractivity contribution < 1.29 is 33.4 Å². The van der Waals surface area contributed by atoms with E-state index in [4.69, 9.17) is 14.2 Å². The van der Waals surface area contributed by atoms with Gasteiger partial charge in [-0.3, -0.25) is 4.79 Å². The third kappa shape index (κ3) is 4.32. The summed E-state index contributed by atoms with van der Waals surface area (Å²) in [6.45, 7) is 9.64. The van der Waals surface area contributed by atoms with Gasteiger partial charge in [0.2, 0.25) is 0 Å². The van der Waals surface area contributed by atoms with E-state index in [1.54, 1.807) is 58.9 Å². The van der Waals surface area contributed by atoms with Crippen LogP contribution in [0.1, 0.15) is 47.1 Å². The molecule has 0 spiro atoms. The maximum absolute atomic E-state index is 13.5. The Morgan fingerprint density at radius 2 is 1.70 bits per heavy atom. The molecular weight excluding hydrogens is 394 g/mol. The number of hydrazine groups is 1. The molecule has 1 aliphatic rings. The van der Waals surface area contributed by atoms with Crippen LogP contribution < -0.4 is 10.3 Å². The standard InChI is InChI=1S/C20H27N3O7/c1-7-28-16(25)21-23(18(27)29-8-2)20(6)13-11-9-10-12-14(13)22(15(20)24)17(26)30-19(3,4)5/h9-12H,7-8H2,1-6H3,(H,21,25)/t20-/m0/s1. The van der Waals surface area contributed by atoms with Crippen LogP contribution in [0.25, 0.3) is 0 Å². The van der Waals surface area contributed by atoms with Crippen LogP contribution >= 0.6 is 0 Å². The number of hydrogen-bond acceptors (Lipinski definition) is 7. The highest BCUT2D eigenvalue weighted by Crippen LogP contribution is 2.44. The summed E-state index contributed by atoms with van der Waals surface area (Å²) in [6.07, 6.45) is -2.83. The van der Waals surface area contributed by atoms with Crippen LogP contribution in [0.15, 0.2) is 24.3 Å². The van der Waals surface area contributed by atoms with E-state index in [0.717, 1.165) is 9.91 Å². The number of fused-ring (bicyclic) bond motifs is 1. The minimum Gasteiger partial charge on any atom is -0.449 e. The van der Waals surface area contributed by atoms with Gasteiger partial charge in [0.1, 0.15) is 5.60 Å². The predicted molar refractivity (Wildman–Crippen MR) is 107 cm³/mol. The van der Waals surface area contributed by atoms with Crippen molar-refractivity contribution in [2.75, 3.05) is 18.1 Å². The van der Waals surface area contributed by atoms with Crippen molar-refractivity contribution in [1.82, 2.24) is 10.4 Å². The Balaban J connectivity index is 2.57. The summed E-state index contributed by atoms with van der Waals surface area (Å²) in [5.74, 6) is -0.789. The lowest BCUT2D eigenvalue weighted by Gasteiger charge is -2.35. The molecule has 2 rings (SSSR count). The quantitative estimate of drug-likeness (QED) is 0.588. The average Bonchev–Trinajstić information content (AvgIpc) is 2.87. The van der Waals surface area contributed by atoms with Crippen LogP contribution in [0.3, 0.4) is 0 Å². The second kappa shape index (κ2) is 8.60. The first-order valence-corrected chi connectivity index (χ1v) is 9.54. The van der Waals surface area contributed by atoms with Gasteiger partial charge in [-0.25, -0.2) is 24.7 Å². The molecule has 0 aromatic heterocycles. The Morgan fingerprint density at radius 3 is 2.27 bits per heavy atom. The fraction of sp³-hybridized carbons (Fsp3) is 0.500. The molecule has 4 amide bonds. The summed E-state index contributed by atoms with van der Waals surface area (Å²) in [7, 11) is 0. The summed E-state index contributed by atoms with van der Waals surface area (Å²) < 4.78 is 15.3. The van der Waals surface area contributed by atoms with E-state index in [1.807, 2.05) is 0 Å². The van der Waals surface area contributed by atoms with E-state index in [0.29, 0.717) is 5.56 Å². The second-order valence-electron chi connectivity index (χ2n) is 7.58. The number of nitrogens with one attached hydrogen (secondary N) is 1. The average molecular weight is 421 g/mol. The van der Waals surface area contributed by atoms with E-state index < -0.39 is 35.3 Å². The summed E-state index contributed by atoms with van der Waals surface area (Å²) in [5, 5.41) is 0.736. The topological polar surface area (TPSA) is 114 Å². The van der Waals surface area contributed by atoms with Gasteiger partial charge in [0, 0.05) is 5.56 Å². The van der Waals surface area contributed by atoms with Gasteiger partial charge in [-0.2, -0.15) is 5.01 Å². The maximum atomic E-state index is 13.5. The highest BCUT2D eigenvalue weighted by molar-refractivity contribution is 6.21. The monoisotopic (exact) mass is 421 g/mol. The summed E-state index contributed by atoms with van der Waals surface area (Å²) in [5.41, 5.74) is 0.171. The van der Waals surface area contributed by atoms with Gasteiger partial charge < -0.3 is 14.2 Å². The molecule has 1 atom stereocenters. The van der Waals surface area contributed by atoms with Gasteiger partial charge in [-0.15, -0.1) is 0 Å². The number of amides is 4. The molecule has 1 aromatic carbocycles. The van der Waals surface area contributed by atoms with Crippen LogP contribution in [0.4, 0.5) is 20.1 Å². The van der Waals surface area contributed by atoms with Crippen molar-refractivity contribution in [2.45, 2.75) is 52.7 Å². The third-order valence-corrected chi connectivity index (χ3v) is 4.24. The zero-order valence-electron chi connectivity index (χ0n) is 18.0. The summed E-state index contributed by atoms with van der Waals surface area (Å²) in [6, 6.07) is 6.42. The first-order valence-electron chi connectivity index (χ1n) is 9.54. The number of rotatable bonds is 3. The summed E-state index contributed by atoms with van der Waals surface area (Å²) >= 11 is 0. The molecule has 0 aliphatic carbocycles. The Kier molecular flexibility index (Phi) is 6.59. The first kappa shape index (κ1) is 23.0. The minimum absolute atomic E-state index is 0.00152. The molecular formula is C20H27N3O7. The van der Waals surface area contributed by atoms with Crippen LogP contribution in [0.5, 0.6) is 0 Å². The van der Waals surface area contributed by atoms with E-state index in [1.165, 1.54) is 6.92 Å². The Labute approximate surface area is 175 Å². The smallest absolute Gasteiger partial charge is 0.430 e. The number of hydrogen-bond donors (Lipinski definition) is 1. The highest BCUT2D eigenvalue weighted by Gasteiger charge is 2.57. The van der Waals surface area contributed by atoms with Crippen LogP contribution in [-0.4, -0.2) is 48.0 Å². The molecule has 1 heterocycles. The number of para-hydroxylation sites is 1. The largest absolute Gasteiger partial charge is 0.449 e. The van der Waals surface area contributed by atoms with Gasteiger partial charge in [0.25, 0.3) is 5.91 Å². The molecule has 1 aromatic rings.